The van der Waals surface area contributed by atoms with Crippen molar-refractivity contribution in [3.05, 3.63) is 39.9 Å². The van der Waals surface area contributed by atoms with Gasteiger partial charge in [-0.25, -0.2) is 8.78 Å². The van der Waals surface area contributed by atoms with Crippen molar-refractivity contribution in [2.75, 3.05) is 37.6 Å². The van der Waals surface area contributed by atoms with E-state index < -0.39 is 22.8 Å². The first-order valence-electron chi connectivity index (χ1n) is 9.51. The van der Waals surface area contributed by atoms with E-state index in [0.717, 1.165) is 13.1 Å². The molecule has 1 aromatic carbocycles. The number of amides is 1. The van der Waals surface area contributed by atoms with E-state index in [4.69, 9.17) is 0 Å². The number of hydrogen-bond donors (Lipinski definition) is 2. The maximum atomic E-state index is 14.8. The number of aryl methyl sites for hydroxylation is 1. The van der Waals surface area contributed by atoms with Gasteiger partial charge in [-0.15, -0.1) is 0 Å². The van der Waals surface area contributed by atoms with Crippen molar-refractivity contribution in [1.29, 1.82) is 0 Å². The molecule has 2 aromatic rings. The molecule has 2 N–H and O–H groups in total. The lowest BCUT2D eigenvalue weighted by atomic mass is 10.1. The zero-order chi connectivity index (χ0) is 20.5. The lowest BCUT2D eigenvalue weighted by Crippen LogP contribution is -2.44. The molecule has 1 aliphatic rings. The largest absolute Gasteiger partial charge is 0.367 e. The second-order valence-electron chi connectivity index (χ2n) is 7.62. The number of nitrogens with zero attached hydrogens (tertiary/aromatic N) is 2. The molecule has 1 saturated heterocycles. The Kier molecular flexibility index (Phi) is 5.69. The van der Waals surface area contributed by atoms with Gasteiger partial charge in [-0.3, -0.25) is 9.59 Å². The highest BCUT2D eigenvalue weighted by Crippen LogP contribution is 2.25. The number of aromatic nitrogens is 1. The number of piperazine rings is 1. The summed E-state index contributed by atoms with van der Waals surface area (Å²) in [5, 5.41) is 5.81. The number of benzene rings is 1. The van der Waals surface area contributed by atoms with Crippen LogP contribution in [0.4, 0.5) is 14.5 Å². The Balaban J connectivity index is 2.06. The van der Waals surface area contributed by atoms with Gasteiger partial charge in [0.25, 0.3) is 5.91 Å². The van der Waals surface area contributed by atoms with Gasteiger partial charge in [-0.2, -0.15) is 0 Å². The second kappa shape index (κ2) is 7.87. The fraction of sp³-hybridized carbons (Fsp3) is 0.500. The molecule has 8 heteroatoms. The third kappa shape index (κ3) is 4.16. The summed E-state index contributed by atoms with van der Waals surface area (Å²) in [5.41, 5.74) is -1.25. The SMILES string of the molecule is CCn1cc(C(=O)NCC(C)(C)F)c(=O)c2cc(F)c(N3CCNCC3)cc21. The molecule has 0 radical (unpaired) electrons. The molecule has 1 aromatic heterocycles. The van der Waals surface area contributed by atoms with E-state index in [9.17, 15) is 18.4 Å². The molecule has 3 rings (SSSR count). The predicted molar refractivity (Wildman–Crippen MR) is 106 cm³/mol. The molecule has 0 spiro atoms. The van der Waals surface area contributed by atoms with Crippen LogP contribution in [0.5, 0.6) is 0 Å². The van der Waals surface area contributed by atoms with Gasteiger partial charge in [0.05, 0.1) is 17.7 Å². The normalized spacial score (nSPS) is 15.1. The van der Waals surface area contributed by atoms with Crippen LogP contribution < -0.4 is 21.0 Å². The summed E-state index contributed by atoms with van der Waals surface area (Å²) in [7, 11) is 0. The van der Waals surface area contributed by atoms with Gasteiger partial charge in [0, 0.05) is 44.3 Å². The molecule has 152 valence electrons. The van der Waals surface area contributed by atoms with Crippen molar-refractivity contribution in [2.24, 2.45) is 0 Å². The molecule has 28 heavy (non-hydrogen) atoms. The van der Waals surface area contributed by atoms with Crippen LogP contribution in [0.3, 0.4) is 0 Å². The maximum Gasteiger partial charge on any atom is 0.256 e. The number of pyridine rings is 1. The standard InChI is InChI=1S/C20H26F2N4O2/c1-4-25-11-14(19(28)24-12-20(2,3)22)18(27)13-9-15(21)17(10-16(13)25)26-7-5-23-6-8-26/h9-11,23H,4-8,12H2,1-3H3,(H,24,28). The molecule has 0 aliphatic carbocycles. The quantitative estimate of drug-likeness (QED) is 0.817. The Morgan fingerprint density at radius 2 is 1.96 bits per heavy atom. The van der Waals surface area contributed by atoms with Crippen LogP contribution in [0.25, 0.3) is 10.9 Å². The second-order valence-corrected chi connectivity index (χ2v) is 7.62. The number of carbonyl (C=O) groups excluding carboxylic acids is 1. The molecule has 0 bridgehead atoms. The lowest BCUT2D eigenvalue weighted by molar-refractivity contribution is 0.0919. The van der Waals surface area contributed by atoms with Gasteiger partial charge in [0.1, 0.15) is 17.0 Å². The topological polar surface area (TPSA) is 66.4 Å². The van der Waals surface area contributed by atoms with Crippen molar-refractivity contribution >= 4 is 22.5 Å². The molecule has 0 atom stereocenters. The van der Waals surface area contributed by atoms with E-state index >= 15 is 0 Å². The molecule has 1 aliphatic heterocycles. The Morgan fingerprint density at radius 1 is 1.29 bits per heavy atom. The molecule has 0 saturated carbocycles. The highest BCUT2D eigenvalue weighted by atomic mass is 19.1. The number of rotatable bonds is 5. The lowest BCUT2D eigenvalue weighted by Gasteiger charge is -2.30. The number of halogens is 2. The van der Waals surface area contributed by atoms with Crippen molar-refractivity contribution in [1.82, 2.24) is 15.2 Å². The average Bonchev–Trinajstić information content (AvgIpc) is 2.66. The fourth-order valence-electron chi connectivity index (χ4n) is 3.36. The van der Waals surface area contributed by atoms with E-state index in [1.807, 2.05) is 11.8 Å². The predicted octanol–water partition coefficient (Wildman–Crippen LogP) is 2.05. The first-order chi connectivity index (χ1) is 13.2. The molecule has 6 nitrogen and oxygen atoms in total. The van der Waals surface area contributed by atoms with Gasteiger partial charge >= 0.3 is 0 Å². The smallest absolute Gasteiger partial charge is 0.256 e. The monoisotopic (exact) mass is 392 g/mol. The average molecular weight is 392 g/mol. The number of hydrogen-bond acceptors (Lipinski definition) is 4. The van der Waals surface area contributed by atoms with Crippen LogP contribution in [0, 0.1) is 5.82 Å². The first kappa shape index (κ1) is 20.3. The minimum atomic E-state index is -1.60. The Hall–Kier alpha value is -2.48. The van der Waals surface area contributed by atoms with Crippen LogP contribution >= 0.6 is 0 Å². The van der Waals surface area contributed by atoms with Crippen molar-refractivity contribution in [3.63, 3.8) is 0 Å². The van der Waals surface area contributed by atoms with Crippen LogP contribution in [-0.4, -0.2) is 48.9 Å². The maximum absolute atomic E-state index is 14.8. The highest BCUT2D eigenvalue weighted by molar-refractivity contribution is 5.97. The van der Waals surface area contributed by atoms with Gasteiger partial charge in [-0.1, -0.05) is 0 Å². The molecular formula is C20H26F2N4O2. The summed E-state index contributed by atoms with van der Waals surface area (Å²) in [4.78, 5) is 27.2. The van der Waals surface area contributed by atoms with E-state index in [2.05, 4.69) is 10.6 Å². The third-order valence-corrected chi connectivity index (χ3v) is 4.86. The van der Waals surface area contributed by atoms with E-state index in [0.29, 0.717) is 30.8 Å². The van der Waals surface area contributed by atoms with Crippen LogP contribution in [0.1, 0.15) is 31.1 Å². The molecule has 1 amide bonds. The van der Waals surface area contributed by atoms with Crippen molar-refractivity contribution < 1.29 is 13.6 Å². The Bertz CT molecular complexity index is 944. The first-order valence-corrected chi connectivity index (χ1v) is 9.51. The number of carbonyl (C=O) groups is 1. The molecule has 1 fully saturated rings. The van der Waals surface area contributed by atoms with E-state index in [-0.39, 0.29) is 17.5 Å². The fourth-order valence-corrected chi connectivity index (χ4v) is 3.36. The third-order valence-electron chi connectivity index (χ3n) is 4.86. The molecule has 0 unspecified atom stereocenters. The van der Waals surface area contributed by atoms with Crippen LogP contribution in [0.15, 0.2) is 23.1 Å². The van der Waals surface area contributed by atoms with Gasteiger partial charge < -0.3 is 20.1 Å². The number of nitrogens with one attached hydrogen (secondary N) is 2. The van der Waals surface area contributed by atoms with E-state index in [1.54, 1.807) is 10.6 Å². The number of fused-ring (bicyclic) bond motifs is 1. The minimum Gasteiger partial charge on any atom is -0.367 e. The zero-order valence-corrected chi connectivity index (χ0v) is 16.4. The van der Waals surface area contributed by atoms with Gasteiger partial charge in [-0.05, 0) is 32.9 Å². The minimum absolute atomic E-state index is 0.118. The molecular weight excluding hydrogens is 366 g/mol. The Morgan fingerprint density at radius 3 is 2.57 bits per heavy atom. The van der Waals surface area contributed by atoms with Crippen LogP contribution in [0.2, 0.25) is 0 Å². The van der Waals surface area contributed by atoms with E-state index in [1.165, 1.54) is 26.1 Å². The summed E-state index contributed by atoms with van der Waals surface area (Å²) < 4.78 is 30.2. The van der Waals surface area contributed by atoms with Gasteiger partial charge in [0.2, 0.25) is 5.43 Å². The highest BCUT2D eigenvalue weighted by Gasteiger charge is 2.22. The van der Waals surface area contributed by atoms with Crippen molar-refractivity contribution in [2.45, 2.75) is 33.0 Å². The summed E-state index contributed by atoms with van der Waals surface area (Å²) in [5.74, 6) is -1.15. The Labute approximate surface area is 162 Å². The summed E-state index contributed by atoms with van der Waals surface area (Å²) >= 11 is 0. The number of alkyl halides is 1. The van der Waals surface area contributed by atoms with Gasteiger partial charge in [0.15, 0.2) is 0 Å². The summed E-state index contributed by atoms with van der Waals surface area (Å²) in [6.07, 6.45) is 1.46. The summed E-state index contributed by atoms with van der Waals surface area (Å²) in [6.45, 7) is 7.73. The number of anilines is 1. The van der Waals surface area contributed by atoms with Crippen molar-refractivity contribution in [3.8, 4) is 0 Å². The van der Waals surface area contributed by atoms with Crippen LogP contribution in [-0.2, 0) is 6.54 Å². The zero-order valence-electron chi connectivity index (χ0n) is 16.4. The summed E-state index contributed by atoms with van der Waals surface area (Å²) in [6, 6.07) is 2.88. The molecule has 2 heterocycles.